The second kappa shape index (κ2) is 6.63. The first-order valence-corrected chi connectivity index (χ1v) is 7.45. The minimum Gasteiger partial charge on any atom is -0.350 e. The van der Waals surface area contributed by atoms with Gasteiger partial charge in [0.15, 0.2) is 0 Å². The van der Waals surface area contributed by atoms with Gasteiger partial charge in [-0.25, -0.2) is 0 Å². The van der Waals surface area contributed by atoms with E-state index < -0.39 is 6.04 Å². The lowest BCUT2D eigenvalue weighted by Crippen LogP contribution is -2.50. The Bertz CT molecular complexity index is 526. The van der Waals surface area contributed by atoms with Crippen LogP contribution in [0.2, 0.25) is 0 Å². The molecule has 1 aromatic rings. The number of thiol groups is 1. The molecule has 110 valence electrons. The van der Waals surface area contributed by atoms with Crippen molar-refractivity contribution in [1.29, 1.82) is 0 Å². The first kappa shape index (κ1) is 17.0. The Morgan fingerprint density at radius 2 is 1.90 bits per heavy atom. The molecule has 4 nitrogen and oxygen atoms in total. The van der Waals surface area contributed by atoms with Gasteiger partial charge in [-0.2, -0.15) is 0 Å². The average Bonchev–Trinajstić information content (AvgIpc) is 2.26. The third kappa shape index (κ3) is 5.17. The Balaban J connectivity index is 2.73. The molecule has 2 N–H and O–H groups in total. The molecular formula is C14H19BrN2O2S. The van der Waals surface area contributed by atoms with Gasteiger partial charge in [0.1, 0.15) is 6.04 Å². The van der Waals surface area contributed by atoms with Crippen LogP contribution >= 0.6 is 28.6 Å². The Hall–Kier alpha value is -1.01. The van der Waals surface area contributed by atoms with Crippen molar-refractivity contribution in [1.82, 2.24) is 10.6 Å². The average molecular weight is 359 g/mol. The van der Waals surface area contributed by atoms with Crippen LogP contribution in [-0.2, 0) is 4.79 Å². The van der Waals surface area contributed by atoms with Gasteiger partial charge in [0.25, 0.3) is 5.91 Å². The molecule has 1 unspecified atom stereocenters. The van der Waals surface area contributed by atoms with Crippen molar-refractivity contribution in [3.05, 3.63) is 28.2 Å². The van der Waals surface area contributed by atoms with Crippen LogP contribution in [0.5, 0.6) is 0 Å². The zero-order chi connectivity index (χ0) is 15.5. The number of carbonyl (C=O) groups excluding carboxylic acids is 2. The maximum atomic E-state index is 12.1. The van der Waals surface area contributed by atoms with Gasteiger partial charge in [0, 0.05) is 14.9 Å². The Labute approximate surface area is 133 Å². The summed E-state index contributed by atoms with van der Waals surface area (Å²) >= 11 is 7.57. The number of benzene rings is 1. The molecule has 20 heavy (non-hydrogen) atoms. The molecule has 0 bridgehead atoms. The lowest BCUT2D eigenvalue weighted by Gasteiger charge is -2.23. The van der Waals surface area contributed by atoms with Gasteiger partial charge in [0.2, 0.25) is 5.91 Å². The molecular weight excluding hydrogens is 340 g/mol. The minimum atomic E-state index is -0.613. The number of amides is 2. The van der Waals surface area contributed by atoms with E-state index >= 15 is 0 Å². The van der Waals surface area contributed by atoms with E-state index in [9.17, 15) is 9.59 Å². The molecule has 0 aromatic heterocycles. The second-order valence-corrected chi connectivity index (χ2v) is 6.99. The van der Waals surface area contributed by atoms with Crippen LogP contribution in [0.25, 0.3) is 0 Å². The van der Waals surface area contributed by atoms with E-state index in [0.717, 1.165) is 4.47 Å². The highest BCUT2D eigenvalue weighted by Gasteiger charge is 2.21. The second-order valence-electron chi connectivity index (χ2n) is 5.60. The minimum absolute atomic E-state index is 0.219. The summed E-state index contributed by atoms with van der Waals surface area (Å²) in [5.74, 6) is -0.539. The van der Waals surface area contributed by atoms with Crippen molar-refractivity contribution in [2.75, 3.05) is 0 Å². The molecule has 0 spiro atoms. The molecule has 0 saturated heterocycles. The van der Waals surface area contributed by atoms with Crippen LogP contribution in [0.4, 0.5) is 0 Å². The quantitative estimate of drug-likeness (QED) is 0.727. The maximum absolute atomic E-state index is 12.1. The zero-order valence-corrected chi connectivity index (χ0v) is 14.4. The van der Waals surface area contributed by atoms with E-state index in [1.807, 2.05) is 20.8 Å². The summed E-state index contributed by atoms with van der Waals surface area (Å²) in [4.78, 5) is 24.6. The molecule has 1 atom stereocenters. The van der Waals surface area contributed by atoms with Gasteiger partial charge < -0.3 is 10.6 Å². The normalized spacial score (nSPS) is 12.7. The largest absolute Gasteiger partial charge is 0.350 e. The number of nitrogens with one attached hydrogen (secondary N) is 2. The van der Waals surface area contributed by atoms with Crippen molar-refractivity contribution in [2.24, 2.45) is 0 Å². The topological polar surface area (TPSA) is 58.2 Å². The van der Waals surface area contributed by atoms with E-state index in [1.54, 1.807) is 25.1 Å². The van der Waals surface area contributed by atoms with Gasteiger partial charge in [-0.05, 0) is 45.9 Å². The van der Waals surface area contributed by atoms with Crippen molar-refractivity contribution < 1.29 is 9.59 Å². The predicted octanol–water partition coefficient (Wildman–Crippen LogP) is 2.77. The maximum Gasteiger partial charge on any atom is 0.253 e. The van der Waals surface area contributed by atoms with Crippen LogP contribution in [0, 0.1) is 0 Å². The molecule has 0 aliphatic rings. The molecule has 1 rings (SSSR count). The van der Waals surface area contributed by atoms with E-state index in [0.29, 0.717) is 10.5 Å². The number of carbonyl (C=O) groups is 2. The van der Waals surface area contributed by atoms with E-state index in [4.69, 9.17) is 0 Å². The summed E-state index contributed by atoms with van der Waals surface area (Å²) in [5, 5.41) is 5.48. The van der Waals surface area contributed by atoms with Gasteiger partial charge in [-0.3, -0.25) is 9.59 Å². The highest BCUT2D eigenvalue weighted by molar-refractivity contribution is 9.10. The standard InChI is InChI=1S/C14H19BrN2O2S/c1-8(12(18)17-14(2,3)4)16-13(19)10-6-5-9(15)7-11(10)20/h5-8,20H,1-4H3,(H,16,19)(H,17,18). The SMILES string of the molecule is CC(NC(=O)c1ccc(Br)cc1S)C(=O)NC(C)(C)C. The smallest absolute Gasteiger partial charge is 0.253 e. The highest BCUT2D eigenvalue weighted by Crippen LogP contribution is 2.19. The monoisotopic (exact) mass is 358 g/mol. The molecule has 6 heteroatoms. The van der Waals surface area contributed by atoms with Crippen LogP contribution in [-0.4, -0.2) is 23.4 Å². The first-order chi connectivity index (χ1) is 9.10. The number of hydrogen-bond acceptors (Lipinski definition) is 3. The lowest BCUT2D eigenvalue weighted by atomic mass is 10.1. The fourth-order valence-electron chi connectivity index (χ4n) is 1.51. The third-order valence-electron chi connectivity index (χ3n) is 2.44. The Morgan fingerprint density at radius 1 is 1.30 bits per heavy atom. The molecule has 0 heterocycles. The summed E-state index contributed by atoms with van der Waals surface area (Å²) in [6.45, 7) is 7.32. The molecule has 0 radical (unpaired) electrons. The van der Waals surface area contributed by atoms with Gasteiger partial charge in [-0.1, -0.05) is 15.9 Å². The fourth-order valence-corrected chi connectivity index (χ4v) is 2.37. The fraction of sp³-hybridized carbons (Fsp3) is 0.429. The molecule has 0 aliphatic carbocycles. The summed E-state index contributed by atoms with van der Waals surface area (Å²) in [6.07, 6.45) is 0. The Kier molecular flexibility index (Phi) is 5.65. The lowest BCUT2D eigenvalue weighted by molar-refractivity contribution is -0.124. The molecule has 0 fully saturated rings. The molecule has 0 saturated carbocycles. The molecule has 1 aromatic carbocycles. The first-order valence-electron chi connectivity index (χ1n) is 6.21. The van der Waals surface area contributed by atoms with Crippen molar-refractivity contribution >= 4 is 40.4 Å². The zero-order valence-electron chi connectivity index (χ0n) is 12.0. The van der Waals surface area contributed by atoms with E-state index in [2.05, 4.69) is 39.2 Å². The van der Waals surface area contributed by atoms with Gasteiger partial charge in [0.05, 0.1) is 5.56 Å². The third-order valence-corrected chi connectivity index (χ3v) is 3.31. The van der Waals surface area contributed by atoms with Gasteiger partial charge in [-0.15, -0.1) is 12.6 Å². The molecule has 0 aliphatic heterocycles. The number of hydrogen-bond donors (Lipinski definition) is 3. The predicted molar refractivity (Wildman–Crippen MR) is 86.2 cm³/mol. The molecule has 2 amide bonds. The van der Waals surface area contributed by atoms with Crippen LogP contribution in [0.3, 0.4) is 0 Å². The Morgan fingerprint density at radius 3 is 2.40 bits per heavy atom. The van der Waals surface area contributed by atoms with Crippen molar-refractivity contribution in [3.8, 4) is 0 Å². The van der Waals surface area contributed by atoms with Crippen molar-refractivity contribution in [3.63, 3.8) is 0 Å². The number of halogens is 1. The summed E-state index contributed by atoms with van der Waals surface area (Å²) in [5.41, 5.74) is 0.106. The highest BCUT2D eigenvalue weighted by atomic mass is 79.9. The van der Waals surface area contributed by atoms with E-state index in [1.165, 1.54) is 0 Å². The van der Waals surface area contributed by atoms with E-state index in [-0.39, 0.29) is 17.4 Å². The van der Waals surface area contributed by atoms with Crippen molar-refractivity contribution in [2.45, 2.75) is 44.2 Å². The summed E-state index contributed by atoms with van der Waals surface area (Å²) in [7, 11) is 0. The summed E-state index contributed by atoms with van der Waals surface area (Å²) in [6, 6.07) is 4.54. The summed E-state index contributed by atoms with van der Waals surface area (Å²) < 4.78 is 0.845. The van der Waals surface area contributed by atoms with Crippen LogP contribution in [0.15, 0.2) is 27.6 Å². The van der Waals surface area contributed by atoms with Crippen LogP contribution in [0.1, 0.15) is 38.1 Å². The number of rotatable bonds is 3. The van der Waals surface area contributed by atoms with Gasteiger partial charge >= 0.3 is 0 Å². The van der Waals surface area contributed by atoms with Crippen LogP contribution < -0.4 is 10.6 Å².